The molecule has 0 saturated carbocycles. The highest BCUT2D eigenvalue weighted by atomic mass is 35.5. The molecule has 17 heteroatoms. The Morgan fingerprint density at radius 2 is 1.92 bits per heavy atom. The normalized spacial score (nSPS) is 11.6. The molecular weight excluding hydrogens is 537 g/mol. The van der Waals surface area contributed by atoms with Crippen molar-refractivity contribution in [2.75, 3.05) is 26.9 Å². The van der Waals surface area contributed by atoms with Crippen LogP contribution in [-0.4, -0.2) is 52.3 Å². The molecule has 2 aromatic rings. The zero-order valence-electron chi connectivity index (χ0n) is 18.4. The molecule has 0 saturated heterocycles. The summed E-state index contributed by atoms with van der Waals surface area (Å²) in [4.78, 5) is 26.2. The smallest absolute Gasteiger partial charge is 0.422 e. The molecule has 2 amide bonds. The minimum atomic E-state index is -4.68. The fraction of sp³-hybridized carbons (Fsp3) is 0.316. The first-order valence-corrected chi connectivity index (χ1v) is 11.5. The molecule has 12 nitrogen and oxygen atoms in total. The van der Waals surface area contributed by atoms with Crippen LogP contribution in [0.15, 0.2) is 30.5 Å². The van der Waals surface area contributed by atoms with Crippen LogP contribution in [-0.2, 0) is 37.3 Å². The van der Waals surface area contributed by atoms with Gasteiger partial charge in [-0.1, -0.05) is 11.6 Å². The van der Waals surface area contributed by atoms with Gasteiger partial charge >= 0.3 is 22.5 Å². The number of rotatable bonds is 12. The average molecular weight is 557 g/mol. The van der Waals surface area contributed by atoms with Crippen molar-refractivity contribution in [1.82, 2.24) is 14.4 Å². The lowest BCUT2D eigenvalue weighted by Crippen LogP contribution is -2.43. The number of nitrogens with one attached hydrogen (secondary N) is 2. The first-order chi connectivity index (χ1) is 16.8. The van der Waals surface area contributed by atoms with Gasteiger partial charge in [0.25, 0.3) is 0 Å². The van der Waals surface area contributed by atoms with Gasteiger partial charge in [-0.05, 0) is 18.2 Å². The quantitative estimate of drug-likeness (QED) is 0.331. The Morgan fingerprint density at radius 3 is 2.53 bits per heavy atom. The molecule has 0 unspecified atom stereocenters. The van der Waals surface area contributed by atoms with Crippen molar-refractivity contribution >= 4 is 33.8 Å². The molecule has 0 atom stereocenters. The fourth-order valence-corrected chi connectivity index (χ4v) is 3.21. The molecular formula is C19H20ClF3N4O8S. The molecule has 1 aromatic heterocycles. The SMILES string of the molecule is COCCOc1ccc(COC(=O)NS(=O)(=O)NCC(N)=O)c(Oc2ncc(C(F)(F)F)cc2Cl)c1. The number of alkyl halides is 3. The highest BCUT2D eigenvalue weighted by molar-refractivity contribution is 7.88. The van der Waals surface area contributed by atoms with Crippen LogP contribution in [0.2, 0.25) is 5.02 Å². The van der Waals surface area contributed by atoms with Gasteiger partial charge < -0.3 is 24.7 Å². The van der Waals surface area contributed by atoms with Crippen LogP contribution >= 0.6 is 11.6 Å². The zero-order chi connectivity index (χ0) is 26.9. The number of nitrogens with zero attached hydrogens (tertiary/aromatic N) is 1. The number of methoxy groups -OCH3 is 1. The van der Waals surface area contributed by atoms with Gasteiger partial charge in [-0.3, -0.25) is 4.79 Å². The van der Waals surface area contributed by atoms with Crippen molar-refractivity contribution in [3.8, 4) is 17.4 Å². The molecule has 4 N–H and O–H groups in total. The van der Waals surface area contributed by atoms with Gasteiger partial charge in [0.05, 0.1) is 18.7 Å². The summed E-state index contributed by atoms with van der Waals surface area (Å²) in [6, 6.07) is 4.80. The van der Waals surface area contributed by atoms with Crippen molar-refractivity contribution in [2.45, 2.75) is 12.8 Å². The van der Waals surface area contributed by atoms with Crippen LogP contribution in [0.25, 0.3) is 0 Å². The summed E-state index contributed by atoms with van der Waals surface area (Å²) in [5.41, 5.74) is 3.87. The van der Waals surface area contributed by atoms with E-state index >= 15 is 0 Å². The van der Waals surface area contributed by atoms with Crippen molar-refractivity contribution in [1.29, 1.82) is 0 Å². The van der Waals surface area contributed by atoms with E-state index in [4.69, 9.17) is 36.3 Å². The largest absolute Gasteiger partial charge is 0.491 e. The molecule has 0 aliphatic rings. The number of halogens is 4. The maximum Gasteiger partial charge on any atom is 0.422 e. The van der Waals surface area contributed by atoms with E-state index in [1.54, 1.807) is 4.72 Å². The Labute approximate surface area is 208 Å². The molecule has 0 aliphatic heterocycles. The van der Waals surface area contributed by atoms with E-state index in [1.807, 2.05) is 0 Å². The Hall–Kier alpha value is -3.34. The Kier molecular flexibility index (Phi) is 10.1. The van der Waals surface area contributed by atoms with Gasteiger partial charge in [-0.15, -0.1) is 0 Å². The van der Waals surface area contributed by atoms with Crippen molar-refractivity contribution in [3.05, 3.63) is 46.6 Å². The molecule has 0 fully saturated rings. The Balaban J connectivity index is 2.21. The van der Waals surface area contributed by atoms with Crippen molar-refractivity contribution in [3.63, 3.8) is 0 Å². The Bertz CT molecular complexity index is 1200. The summed E-state index contributed by atoms with van der Waals surface area (Å²) >= 11 is 5.89. The second-order valence-corrected chi connectivity index (χ2v) is 8.60. The number of amides is 2. The summed E-state index contributed by atoms with van der Waals surface area (Å²) in [7, 11) is -2.97. The van der Waals surface area contributed by atoms with E-state index in [2.05, 4.69) is 4.98 Å². The first-order valence-electron chi connectivity index (χ1n) is 9.68. The number of ether oxygens (including phenoxy) is 4. The number of carbonyl (C=O) groups is 2. The van der Waals surface area contributed by atoms with Gasteiger partial charge in [-0.25, -0.2) is 14.5 Å². The number of carbonyl (C=O) groups excluding carboxylic acids is 2. The third-order valence-electron chi connectivity index (χ3n) is 3.95. The van der Waals surface area contributed by atoms with E-state index in [-0.39, 0.29) is 36.2 Å². The zero-order valence-corrected chi connectivity index (χ0v) is 20.0. The minimum absolute atomic E-state index is 0.0680. The maximum absolute atomic E-state index is 12.9. The molecule has 0 aliphatic carbocycles. The molecule has 36 heavy (non-hydrogen) atoms. The van der Waals surface area contributed by atoms with E-state index < -0.39 is 52.1 Å². The number of benzene rings is 1. The molecule has 198 valence electrons. The minimum Gasteiger partial charge on any atom is -0.491 e. The number of aromatic nitrogens is 1. The van der Waals surface area contributed by atoms with Crippen LogP contribution in [0, 0.1) is 0 Å². The number of primary amides is 1. The van der Waals surface area contributed by atoms with Gasteiger partial charge in [0.1, 0.15) is 29.7 Å². The standard InChI is InChI=1S/C19H20ClF3N4O8S/c1-32-4-5-33-13-3-2-11(10-34-18(29)27-36(30,31)26-9-16(24)28)15(7-13)35-17-14(20)6-12(8-25-17)19(21,22)23/h2-3,6-8,26H,4-5,9-10H2,1H3,(H2,24,28)(H,27,29). The van der Waals surface area contributed by atoms with Crippen molar-refractivity contribution < 1.29 is 50.1 Å². The lowest BCUT2D eigenvalue weighted by atomic mass is 10.2. The summed E-state index contributed by atoms with van der Waals surface area (Å²) in [5, 5.41) is -0.452. The number of hydrogen-bond donors (Lipinski definition) is 3. The van der Waals surface area contributed by atoms with Crippen LogP contribution in [0.4, 0.5) is 18.0 Å². The predicted molar refractivity (Wildman–Crippen MR) is 118 cm³/mol. The molecule has 1 aromatic carbocycles. The lowest BCUT2D eigenvalue weighted by molar-refractivity contribution is -0.137. The number of pyridine rings is 1. The average Bonchev–Trinajstić information content (AvgIpc) is 2.78. The van der Waals surface area contributed by atoms with E-state index in [9.17, 15) is 31.2 Å². The molecule has 0 bridgehead atoms. The highest BCUT2D eigenvalue weighted by Crippen LogP contribution is 2.36. The summed E-state index contributed by atoms with van der Waals surface area (Å²) < 4.78 is 86.0. The second kappa shape index (κ2) is 12.6. The summed E-state index contributed by atoms with van der Waals surface area (Å²) in [5.74, 6) is -1.18. The summed E-state index contributed by atoms with van der Waals surface area (Å²) in [6.07, 6.45) is -5.57. The van der Waals surface area contributed by atoms with Gasteiger partial charge in [-0.2, -0.15) is 26.3 Å². The first kappa shape index (κ1) is 28.9. The molecule has 2 rings (SSSR count). The molecule has 0 radical (unpaired) electrons. The van der Waals surface area contributed by atoms with Crippen LogP contribution in [0.5, 0.6) is 17.4 Å². The number of hydrogen-bond acceptors (Lipinski definition) is 9. The van der Waals surface area contributed by atoms with Crippen LogP contribution in [0.3, 0.4) is 0 Å². The second-order valence-electron chi connectivity index (χ2n) is 6.69. The maximum atomic E-state index is 12.9. The third kappa shape index (κ3) is 9.37. The van der Waals surface area contributed by atoms with Crippen LogP contribution in [0.1, 0.15) is 11.1 Å². The van der Waals surface area contributed by atoms with E-state index in [0.29, 0.717) is 12.3 Å². The number of nitrogens with two attached hydrogens (primary N) is 1. The monoisotopic (exact) mass is 556 g/mol. The van der Waals surface area contributed by atoms with Gasteiger partial charge in [0.15, 0.2) is 0 Å². The Morgan fingerprint density at radius 1 is 1.19 bits per heavy atom. The summed E-state index contributed by atoms with van der Waals surface area (Å²) in [6.45, 7) is -0.898. The van der Waals surface area contributed by atoms with Gasteiger partial charge in [0.2, 0.25) is 11.8 Å². The van der Waals surface area contributed by atoms with E-state index in [1.165, 1.54) is 30.0 Å². The highest BCUT2D eigenvalue weighted by Gasteiger charge is 2.32. The third-order valence-corrected chi connectivity index (χ3v) is 5.18. The molecule has 1 heterocycles. The fourth-order valence-electron chi connectivity index (χ4n) is 2.33. The van der Waals surface area contributed by atoms with E-state index in [0.717, 1.165) is 0 Å². The van der Waals surface area contributed by atoms with Crippen molar-refractivity contribution in [2.24, 2.45) is 5.73 Å². The van der Waals surface area contributed by atoms with Crippen LogP contribution < -0.4 is 24.7 Å². The molecule has 0 spiro atoms. The van der Waals surface area contributed by atoms with Gasteiger partial charge in [0, 0.05) is 24.9 Å². The predicted octanol–water partition coefficient (Wildman–Crippen LogP) is 2.12. The topological polar surface area (TPSA) is 168 Å². The lowest BCUT2D eigenvalue weighted by Gasteiger charge is -2.15.